The number of aryl methyl sites for hydroxylation is 1. The van der Waals surface area contributed by atoms with Gasteiger partial charge in [-0.15, -0.1) is 3.71 Å². The summed E-state index contributed by atoms with van der Waals surface area (Å²) in [7, 11) is -6.88. The molecule has 0 spiro atoms. The molecule has 2 atom stereocenters. The third-order valence-corrected chi connectivity index (χ3v) is 13.0. The lowest BCUT2D eigenvalue weighted by Gasteiger charge is -2.37. The third kappa shape index (κ3) is 4.93. The Morgan fingerprint density at radius 1 is 0.976 bits per heavy atom. The van der Waals surface area contributed by atoms with Crippen LogP contribution < -0.4 is 0 Å². The Labute approximate surface area is 249 Å². The zero-order chi connectivity index (χ0) is 30.4. The Morgan fingerprint density at radius 2 is 1.50 bits per heavy atom. The molecule has 0 bridgehead atoms. The number of benzene rings is 3. The first-order chi connectivity index (χ1) is 19.8. The van der Waals surface area contributed by atoms with E-state index in [0.717, 1.165) is 14.2 Å². The van der Waals surface area contributed by atoms with Crippen LogP contribution >= 0.6 is 12.1 Å². The molecule has 2 aliphatic heterocycles. The molecule has 2 fully saturated rings. The van der Waals surface area contributed by atoms with E-state index >= 15 is 0 Å². The van der Waals surface area contributed by atoms with Gasteiger partial charge in [-0.3, -0.25) is 9.69 Å². The molecule has 42 heavy (non-hydrogen) atoms. The first-order valence-corrected chi connectivity index (χ1v) is 16.7. The van der Waals surface area contributed by atoms with Crippen LogP contribution in [0.5, 0.6) is 0 Å². The maximum Gasteiger partial charge on any atom is 0.331 e. The van der Waals surface area contributed by atoms with Gasteiger partial charge in [0.2, 0.25) is 0 Å². The number of fused-ring (bicyclic) bond motifs is 1. The second kappa shape index (κ2) is 11.0. The van der Waals surface area contributed by atoms with Gasteiger partial charge in [0.25, 0.3) is 15.9 Å². The largest absolute Gasteiger partial charge is 0.451 e. The number of hydrogen-bond acceptors (Lipinski definition) is 9. The molecule has 0 saturated carbocycles. The molecule has 0 unspecified atom stereocenters. The monoisotopic (exact) mass is 627 g/mol. The summed E-state index contributed by atoms with van der Waals surface area (Å²) in [4.78, 5) is 28.0. The predicted octanol–water partition coefficient (Wildman–Crippen LogP) is 3.70. The summed E-state index contributed by atoms with van der Waals surface area (Å²) >= 11 is 0.440. The number of carbonyl (C=O) groups is 2. The standard InChI is InChI=1S/C29H29N3O7S3/c1-19-15-17-22(18-16-19)42(37,38)31(4)40-30-23-26(33)32-25(29(2,3)41(35,36)27(23)32)28(34)39-24(20-11-7-5-8-12-20)21-13-9-6-10-14-21/h5-18,24-25,27H,1-4H3/b30-23+/t25-,27+/m0/s1. The van der Waals surface area contributed by atoms with Crippen LogP contribution in [0.15, 0.2) is 94.2 Å². The molecular formula is C29H29N3O7S3. The third-order valence-electron chi connectivity index (χ3n) is 7.48. The first kappa shape index (κ1) is 30.0. The summed E-state index contributed by atoms with van der Waals surface area (Å²) in [5, 5.41) is -1.51. The minimum atomic E-state index is -4.16. The van der Waals surface area contributed by atoms with Gasteiger partial charge in [0.05, 0.1) is 17.0 Å². The number of esters is 1. The summed E-state index contributed by atoms with van der Waals surface area (Å²) in [5.41, 5.74) is 1.89. The van der Waals surface area contributed by atoms with E-state index in [1.165, 1.54) is 33.0 Å². The predicted molar refractivity (Wildman–Crippen MR) is 159 cm³/mol. The molecule has 1 amide bonds. The maximum atomic E-state index is 13.7. The second-order valence-electron chi connectivity index (χ2n) is 10.5. The Bertz CT molecular complexity index is 1720. The SMILES string of the molecule is Cc1ccc(S(=O)(=O)N(C)S/N=C2\C(=O)N3[C@@H](C(=O)OC(c4ccccc4)c4ccccc4)C(C)(C)S(=O)(=O)[C@H]23)cc1. The van der Waals surface area contributed by atoms with Crippen molar-refractivity contribution in [1.82, 2.24) is 8.61 Å². The van der Waals surface area contributed by atoms with E-state index in [0.29, 0.717) is 23.3 Å². The molecule has 220 valence electrons. The number of nitrogens with zero attached hydrogens (tertiary/aromatic N) is 3. The summed E-state index contributed by atoms with van der Waals surface area (Å²) in [5.74, 6) is -1.65. The van der Waals surface area contributed by atoms with E-state index in [9.17, 15) is 26.4 Å². The van der Waals surface area contributed by atoms with Crippen LogP contribution in [-0.2, 0) is 34.2 Å². The van der Waals surface area contributed by atoms with Crippen molar-refractivity contribution in [2.75, 3.05) is 7.05 Å². The number of rotatable bonds is 8. The van der Waals surface area contributed by atoms with E-state index in [2.05, 4.69) is 4.40 Å². The van der Waals surface area contributed by atoms with Crippen LogP contribution in [0.1, 0.15) is 36.6 Å². The van der Waals surface area contributed by atoms with Crippen LogP contribution in [0.3, 0.4) is 0 Å². The lowest BCUT2D eigenvalue weighted by atomic mass is 9.96. The molecule has 2 saturated heterocycles. The van der Waals surface area contributed by atoms with E-state index < -0.39 is 54.0 Å². The van der Waals surface area contributed by atoms with Gasteiger partial charge in [0.15, 0.2) is 33.1 Å². The topological polar surface area (TPSA) is 130 Å². The van der Waals surface area contributed by atoms with Crippen molar-refractivity contribution in [3.8, 4) is 0 Å². The van der Waals surface area contributed by atoms with E-state index in [-0.39, 0.29) is 10.6 Å². The molecule has 2 heterocycles. The van der Waals surface area contributed by atoms with Crippen molar-refractivity contribution < 1.29 is 31.2 Å². The molecule has 3 aromatic carbocycles. The van der Waals surface area contributed by atoms with Crippen molar-refractivity contribution >= 4 is 49.6 Å². The number of ether oxygens (including phenoxy) is 1. The molecule has 0 aliphatic carbocycles. The van der Waals surface area contributed by atoms with Crippen molar-refractivity contribution in [1.29, 1.82) is 0 Å². The lowest BCUT2D eigenvalue weighted by Crippen LogP contribution is -2.64. The van der Waals surface area contributed by atoms with Gasteiger partial charge >= 0.3 is 5.97 Å². The number of sulfone groups is 1. The zero-order valence-electron chi connectivity index (χ0n) is 23.2. The van der Waals surface area contributed by atoms with Crippen molar-refractivity contribution in [2.24, 2.45) is 4.40 Å². The molecule has 10 nitrogen and oxygen atoms in total. The molecule has 0 radical (unpaired) electrons. The molecule has 3 aromatic rings. The van der Waals surface area contributed by atoms with Gasteiger partial charge in [-0.1, -0.05) is 78.4 Å². The molecule has 5 rings (SSSR count). The Morgan fingerprint density at radius 3 is 2.02 bits per heavy atom. The molecule has 0 N–H and O–H groups in total. The second-order valence-corrected chi connectivity index (χ2v) is 16.2. The fourth-order valence-corrected chi connectivity index (χ4v) is 8.98. The van der Waals surface area contributed by atoms with Gasteiger partial charge in [0.1, 0.15) is 4.75 Å². The van der Waals surface area contributed by atoms with Gasteiger partial charge in [-0.25, -0.2) is 21.6 Å². The molecule has 0 aromatic heterocycles. The maximum absolute atomic E-state index is 13.7. The van der Waals surface area contributed by atoms with Gasteiger partial charge in [-0.05, 0) is 44.0 Å². The highest BCUT2D eigenvalue weighted by atomic mass is 32.3. The number of hydrogen-bond donors (Lipinski definition) is 0. The number of sulfonamides is 1. The van der Waals surface area contributed by atoms with E-state index in [1.807, 2.05) is 19.1 Å². The van der Waals surface area contributed by atoms with Crippen LogP contribution in [0.4, 0.5) is 0 Å². The highest BCUT2D eigenvalue weighted by Gasteiger charge is 2.71. The summed E-state index contributed by atoms with van der Waals surface area (Å²) in [6.07, 6.45) is -0.835. The zero-order valence-corrected chi connectivity index (χ0v) is 25.7. The van der Waals surface area contributed by atoms with Crippen LogP contribution in [0, 0.1) is 6.92 Å². The fourth-order valence-electron chi connectivity index (χ4n) is 4.99. The average Bonchev–Trinajstić information content (AvgIpc) is 3.11. The summed E-state index contributed by atoms with van der Waals surface area (Å²) < 4.78 is 62.3. The average molecular weight is 628 g/mol. The summed E-state index contributed by atoms with van der Waals surface area (Å²) in [6, 6.07) is 22.8. The Kier molecular flexibility index (Phi) is 7.81. The van der Waals surface area contributed by atoms with Gasteiger partial charge in [0, 0.05) is 7.05 Å². The lowest BCUT2D eigenvalue weighted by molar-refractivity contribution is -0.158. The smallest absolute Gasteiger partial charge is 0.331 e. The molecule has 13 heteroatoms. The number of amides is 1. The minimum absolute atomic E-state index is 0.0219. The normalized spacial score (nSPS) is 21.8. The molecule has 2 aliphatic rings. The minimum Gasteiger partial charge on any atom is -0.451 e. The van der Waals surface area contributed by atoms with Crippen molar-refractivity contribution in [3.63, 3.8) is 0 Å². The van der Waals surface area contributed by atoms with Gasteiger partial charge < -0.3 is 4.74 Å². The van der Waals surface area contributed by atoms with E-state index in [1.54, 1.807) is 60.7 Å². The Hall–Kier alpha value is -3.52. The van der Waals surface area contributed by atoms with E-state index in [4.69, 9.17) is 4.74 Å². The highest BCUT2D eigenvalue weighted by molar-refractivity contribution is 8.07. The number of carbonyl (C=O) groups excluding carboxylic acids is 2. The Balaban J connectivity index is 1.41. The van der Waals surface area contributed by atoms with Crippen LogP contribution in [0.25, 0.3) is 0 Å². The van der Waals surface area contributed by atoms with Crippen LogP contribution in [-0.4, -0.2) is 66.2 Å². The number of β-lactam (4-membered cyclic amide) rings is 1. The highest BCUT2D eigenvalue weighted by Crippen LogP contribution is 2.46. The van der Waals surface area contributed by atoms with Crippen molar-refractivity contribution in [2.45, 2.75) is 47.9 Å². The summed E-state index contributed by atoms with van der Waals surface area (Å²) in [6.45, 7) is 4.57. The first-order valence-electron chi connectivity index (χ1n) is 13.0. The molecular weight excluding hydrogens is 599 g/mol. The fraction of sp³-hybridized carbons (Fsp3) is 0.276. The quantitative estimate of drug-likeness (QED) is 0.210. The van der Waals surface area contributed by atoms with Crippen molar-refractivity contribution in [3.05, 3.63) is 102 Å². The van der Waals surface area contributed by atoms with Gasteiger partial charge in [-0.2, -0.15) is 4.40 Å². The van der Waals surface area contributed by atoms with Crippen LogP contribution in [0.2, 0.25) is 0 Å².